The van der Waals surface area contributed by atoms with Crippen LogP contribution in [0.3, 0.4) is 0 Å². The number of rotatable bonds is 2. The fraction of sp³-hybridized carbons (Fsp3) is 0.0833. The molecule has 100 valence electrons. The van der Waals surface area contributed by atoms with Crippen molar-refractivity contribution in [3.63, 3.8) is 0 Å². The Morgan fingerprint density at radius 2 is 2.00 bits per heavy atom. The van der Waals surface area contributed by atoms with Gasteiger partial charge >= 0.3 is 6.18 Å². The van der Waals surface area contributed by atoms with E-state index in [2.05, 4.69) is 10.3 Å². The lowest BCUT2D eigenvalue weighted by Crippen LogP contribution is -2.14. The summed E-state index contributed by atoms with van der Waals surface area (Å²) < 4.78 is 37.6. The average molecular weight is 289 g/mol. The van der Waals surface area contributed by atoms with Crippen molar-refractivity contribution in [1.82, 2.24) is 4.98 Å². The fourth-order valence-corrected chi connectivity index (χ4v) is 1.62. The summed E-state index contributed by atoms with van der Waals surface area (Å²) in [6.45, 7) is 0. The van der Waals surface area contributed by atoms with Gasteiger partial charge in [0.1, 0.15) is 5.69 Å². The normalized spacial score (nSPS) is 11.4. The maximum absolute atomic E-state index is 12.5. The van der Waals surface area contributed by atoms with Crippen LogP contribution in [0.1, 0.15) is 16.1 Å². The highest BCUT2D eigenvalue weighted by Crippen LogP contribution is 2.33. The van der Waals surface area contributed by atoms with Crippen LogP contribution in [0.25, 0.3) is 0 Å². The second kappa shape index (κ2) is 4.97. The highest BCUT2D eigenvalue weighted by Gasteiger charge is 2.31. The van der Waals surface area contributed by atoms with Crippen molar-refractivity contribution in [3.8, 4) is 0 Å². The Balaban J connectivity index is 2.27. The first-order valence-corrected chi connectivity index (χ1v) is 5.57. The lowest BCUT2D eigenvalue weighted by Gasteiger charge is -2.11. The Labute approximate surface area is 111 Å². The molecule has 2 aromatic rings. The summed E-state index contributed by atoms with van der Waals surface area (Å²) in [5.74, 6) is -0.564. The molecule has 3 nitrogen and oxygen atoms in total. The lowest BCUT2D eigenvalue weighted by atomic mass is 10.2. The van der Waals surface area contributed by atoms with Gasteiger partial charge in [0, 0.05) is 6.20 Å². The van der Waals surface area contributed by atoms with Gasteiger partial charge in [0.2, 0.25) is 0 Å². The van der Waals surface area contributed by atoms with Gasteiger partial charge in [-0.25, -0.2) is 0 Å². The van der Waals surface area contributed by atoms with Gasteiger partial charge < -0.3 is 10.3 Å². The number of aromatic nitrogens is 1. The predicted molar refractivity (Wildman–Crippen MR) is 65.2 cm³/mol. The number of hydrogen-bond acceptors (Lipinski definition) is 1. The van der Waals surface area contributed by atoms with E-state index in [0.717, 1.165) is 18.2 Å². The van der Waals surface area contributed by atoms with E-state index in [1.807, 2.05) is 0 Å². The zero-order valence-electron chi connectivity index (χ0n) is 9.38. The summed E-state index contributed by atoms with van der Waals surface area (Å²) in [4.78, 5) is 14.4. The molecule has 0 saturated heterocycles. The van der Waals surface area contributed by atoms with E-state index in [9.17, 15) is 18.0 Å². The molecule has 1 heterocycles. The average Bonchev–Trinajstić information content (AvgIpc) is 2.84. The third kappa shape index (κ3) is 3.08. The van der Waals surface area contributed by atoms with Crippen LogP contribution in [-0.2, 0) is 6.18 Å². The molecule has 0 bridgehead atoms. The molecule has 0 spiro atoms. The molecule has 0 atom stereocenters. The first kappa shape index (κ1) is 13.5. The molecule has 2 N–H and O–H groups in total. The summed E-state index contributed by atoms with van der Waals surface area (Å²) in [7, 11) is 0. The maximum Gasteiger partial charge on any atom is 0.416 e. The first-order valence-electron chi connectivity index (χ1n) is 5.19. The second-order valence-electron chi connectivity index (χ2n) is 3.73. The number of carbonyl (C=O) groups excluding carboxylic acids is 1. The van der Waals surface area contributed by atoms with E-state index >= 15 is 0 Å². The zero-order valence-corrected chi connectivity index (χ0v) is 10.1. The van der Waals surface area contributed by atoms with E-state index in [1.54, 1.807) is 6.07 Å². The Bertz CT molecular complexity index is 594. The molecule has 19 heavy (non-hydrogen) atoms. The number of halogens is 4. The van der Waals surface area contributed by atoms with E-state index < -0.39 is 17.6 Å². The molecule has 0 unspecified atom stereocenters. The van der Waals surface area contributed by atoms with Crippen molar-refractivity contribution in [3.05, 3.63) is 52.8 Å². The number of anilines is 1. The van der Waals surface area contributed by atoms with Crippen LogP contribution < -0.4 is 5.32 Å². The number of aromatic amines is 1. The number of nitrogens with one attached hydrogen (secondary N) is 2. The minimum atomic E-state index is -4.49. The van der Waals surface area contributed by atoms with Crippen molar-refractivity contribution >= 4 is 23.2 Å². The highest BCUT2D eigenvalue weighted by molar-refractivity contribution is 6.33. The number of amides is 1. The Morgan fingerprint density at radius 3 is 2.58 bits per heavy atom. The molecular formula is C12H8ClF3N2O. The molecule has 1 aromatic heterocycles. The van der Waals surface area contributed by atoms with Gasteiger partial charge in [-0.3, -0.25) is 4.79 Å². The van der Waals surface area contributed by atoms with Gasteiger partial charge in [-0.05, 0) is 30.3 Å². The van der Waals surface area contributed by atoms with Crippen molar-refractivity contribution in [2.75, 3.05) is 5.32 Å². The van der Waals surface area contributed by atoms with Gasteiger partial charge in [0.05, 0.1) is 16.3 Å². The van der Waals surface area contributed by atoms with Crippen LogP contribution in [0, 0.1) is 0 Å². The summed E-state index contributed by atoms with van der Waals surface area (Å²) in [5, 5.41) is 2.36. The standard InChI is InChI=1S/C12H8ClF3N2O/c13-8-4-3-7(12(14,15)16)6-10(8)18-11(19)9-2-1-5-17-9/h1-6,17H,(H,18,19). The van der Waals surface area contributed by atoms with Crippen LogP contribution in [0.4, 0.5) is 18.9 Å². The number of alkyl halides is 3. The second-order valence-corrected chi connectivity index (χ2v) is 4.14. The van der Waals surface area contributed by atoms with Gasteiger partial charge in [0.25, 0.3) is 5.91 Å². The minimum Gasteiger partial charge on any atom is -0.357 e. The molecule has 0 radical (unpaired) electrons. The zero-order chi connectivity index (χ0) is 14.0. The number of carbonyl (C=O) groups is 1. The summed E-state index contributed by atoms with van der Waals surface area (Å²) >= 11 is 5.76. The third-order valence-electron chi connectivity index (χ3n) is 2.38. The lowest BCUT2D eigenvalue weighted by molar-refractivity contribution is -0.137. The van der Waals surface area contributed by atoms with Crippen LogP contribution in [-0.4, -0.2) is 10.9 Å². The Kier molecular flexibility index (Phi) is 3.53. The summed E-state index contributed by atoms with van der Waals surface area (Å²) in [5.41, 5.74) is -0.733. The molecule has 0 aliphatic rings. The van der Waals surface area contributed by atoms with E-state index in [0.29, 0.717) is 0 Å². The van der Waals surface area contributed by atoms with Crippen molar-refractivity contribution in [1.29, 1.82) is 0 Å². The number of benzene rings is 1. The van der Waals surface area contributed by atoms with Crippen molar-refractivity contribution in [2.45, 2.75) is 6.18 Å². The Morgan fingerprint density at radius 1 is 1.26 bits per heavy atom. The van der Waals surface area contributed by atoms with Gasteiger partial charge in [-0.2, -0.15) is 13.2 Å². The van der Waals surface area contributed by atoms with Crippen LogP contribution in [0.5, 0.6) is 0 Å². The smallest absolute Gasteiger partial charge is 0.357 e. The van der Waals surface area contributed by atoms with E-state index in [4.69, 9.17) is 11.6 Å². The molecule has 0 aliphatic heterocycles. The van der Waals surface area contributed by atoms with E-state index in [-0.39, 0.29) is 16.4 Å². The predicted octanol–water partition coefficient (Wildman–Crippen LogP) is 3.94. The van der Waals surface area contributed by atoms with Crippen molar-refractivity contribution in [2.24, 2.45) is 0 Å². The molecule has 0 fully saturated rings. The molecule has 0 aliphatic carbocycles. The van der Waals surface area contributed by atoms with Crippen LogP contribution in [0.2, 0.25) is 5.02 Å². The quantitative estimate of drug-likeness (QED) is 0.864. The maximum atomic E-state index is 12.5. The SMILES string of the molecule is O=C(Nc1cc(C(F)(F)F)ccc1Cl)c1ccc[nH]1. The van der Waals surface area contributed by atoms with Crippen molar-refractivity contribution < 1.29 is 18.0 Å². The van der Waals surface area contributed by atoms with Gasteiger partial charge in [0.15, 0.2) is 0 Å². The van der Waals surface area contributed by atoms with E-state index in [1.165, 1.54) is 12.3 Å². The first-order chi connectivity index (χ1) is 8.88. The Hall–Kier alpha value is -1.95. The summed E-state index contributed by atoms with van der Waals surface area (Å²) in [6.07, 6.45) is -2.96. The third-order valence-corrected chi connectivity index (χ3v) is 2.71. The monoisotopic (exact) mass is 288 g/mol. The molecule has 1 amide bonds. The fourth-order valence-electron chi connectivity index (χ4n) is 1.46. The topological polar surface area (TPSA) is 44.9 Å². The molecule has 1 aromatic carbocycles. The minimum absolute atomic E-state index is 0.0351. The van der Waals surface area contributed by atoms with Crippen LogP contribution >= 0.6 is 11.6 Å². The number of hydrogen-bond donors (Lipinski definition) is 2. The van der Waals surface area contributed by atoms with Gasteiger partial charge in [-0.15, -0.1) is 0 Å². The molecule has 2 rings (SSSR count). The highest BCUT2D eigenvalue weighted by atomic mass is 35.5. The largest absolute Gasteiger partial charge is 0.416 e. The molecule has 0 saturated carbocycles. The van der Waals surface area contributed by atoms with Gasteiger partial charge in [-0.1, -0.05) is 11.6 Å². The molecular weight excluding hydrogens is 281 g/mol. The summed E-state index contributed by atoms with van der Waals surface area (Å²) in [6, 6.07) is 5.84. The van der Waals surface area contributed by atoms with Crippen LogP contribution in [0.15, 0.2) is 36.5 Å². The molecule has 7 heteroatoms. The number of H-pyrrole nitrogens is 1.